The number of carbonyl (C=O) groups excluding carboxylic acids is 2. The number of nitrogens with one attached hydrogen (secondary N) is 1. The Bertz CT molecular complexity index is 1150. The van der Waals surface area contributed by atoms with Crippen molar-refractivity contribution in [1.82, 2.24) is 9.88 Å². The van der Waals surface area contributed by atoms with E-state index in [4.69, 9.17) is 9.47 Å². The van der Waals surface area contributed by atoms with Crippen molar-refractivity contribution in [3.05, 3.63) is 81.2 Å². The number of hydrogen-bond donors (Lipinski definition) is 1. The molecule has 0 saturated heterocycles. The average molecular weight is 455 g/mol. The van der Waals surface area contributed by atoms with E-state index in [0.717, 1.165) is 0 Å². The molecule has 33 heavy (non-hydrogen) atoms. The van der Waals surface area contributed by atoms with Crippen molar-refractivity contribution in [2.75, 3.05) is 13.7 Å². The van der Waals surface area contributed by atoms with Gasteiger partial charge >= 0.3 is 11.9 Å². The second kappa shape index (κ2) is 10.1. The van der Waals surface area contributed by atoms with E-state index >= 15 is 0 Å². The van der Waals surface area contributed by atoms with Gasteiger partial charge in [-0.1, -0.05) is 12.1 Å². The minimum atomic E-state index is -0.866. The summed E-state index contributed by atoms with van der Waals surface area (Å²) in [6, 6.07) is 5.88. The maximum Gasteiger partial charge on any atom is 0.336 e. The average Bonchev–Trinajstić information content (AvgIpc) is 3.20. The van der Waals surface area contributed by atoms with E-state index in [-0.39, 0.29) is 23.4 Å². The van der Waals surface area contributed by atoms with Crippen molar-refractivity contribution in [2.24, 2.45) is 7.05 Å². The molecule has 0 unspecified atom stereocenters. The molecule has 2 aromatic rings. The maximum atomic E-state index is 13.2. The third-order valence-electron chi connectivity index (χ3n) is 5.42. The van der Waals surface area contributed by atoms with Crippen LogP contribution in [0.5, 0.6) is 0 Å². The Kier molecular flexibility index (Phi) is 7.27. The fourth-order valence-corrected chi connectivity index (χ4v) is 3.92. The van der Waals surface area contributed by atoms with Gasteiger partial charge in [0, 0.05) is 29.9 Å². The molecule has 0 fully saturated rings. The van der Waals surface area contributed by atoms with Crippen molar-refractivity contribution in [2.45, 2.75) is 32.7 Å². The second-order valence-corrected chi connectivity index (χ2v) is 7.79. The number of nitro groups is 1. The van der Waals surface area contributed by atoms with Gasteiger partial charge in [-0.05, 0) is 19.4 Å². The van der Waals surface area contributed by atoms with Crippen LogP contribution in [0.15, 0.2) is 65.5 Å². The predicted molar refractivity (Wildman–Crippen MR) is 118 cm³/mol. The molecule has 0 bridgehead atoms. The largest absolute Gasteiger partial charge is 0.466 e. The summed E-state index contributed by atoms with van der Waals surface area (Å²) in [6.45, 7) is 4.25. The lowest BCUT2D eigenvalue weighted by Gasteiger charge is -2.30. The molecule has 1 aromatic heterocycles. The van der Waals surface area contributed by atoms with Gasteiger partial charge < -0.3 is 14.8 Å². The summed E-state index contributed by atoms with van der Waals surface area (Å²) in [7, 11) is 3.17. The number of nitrogens with zero attached hydrogens (tertiary/aromatic N) is 3. The van der Waals surface area contributed by atoms with Crippen LogP contribution in [-0.2, 0) is 32.7 Å². The summed E-state index contributed by atoms with van der Waals surface area (Å²) in [5, 5.41) is 14.4. The lowest BCUT2D eigenvalue weighted by Crippen LogP contribution is -2.32. The predicted octanol–water partition coefficient (Wildman–Crippen LogP) is 2.26. The number of imidazole rings is 1. The molecule has 1 aliphatic heterocycles. The first-order valence-corrected chi connectivity index (χ1v) is 10.4. The van der Waals surface area contributed by atoms with Gasteiger partial charge in [-0.2, -0.15) is 0 Å². The first-order chi connectivity index (χ1) is 15.7. The van der Waals surface area contributed by atoms with Gasteiger partial charge in [0.15, 0.2) is 0 Å². The van der Waals surface area contributed by atoms with E-state index in [9.17, 15) is 19.7 Å². The van der Waals surface area contributed by atoms with Crippen molar-refractivity contribution in [3.63, 3.8) is 0 Å². The third kappa shape index (κ3) is 5.28. The highest BCUT2D eigenvalue weighted by Crippen LogP contribution is 2.40. The number of methoxy groups -OCH3 is 1. The van der Waals surface area contributed by atoms with Crippen LogP contribution >= 0.6 is 0 Å². The van der Waals surface area contributed by atoms with Crippen molar-refractivity contribution < 1.29 is 28.6 Å². The van der Waals surface area contributed by atoms with Crippen LogP contribution in [0.1, 0.15) is 31.7 Å². The molecule has 2 heterocycles. The number of carbonyl (C=O) groups is 2. The Hall–Kier alpha value is -3.95. The summed E-state index contributed by atoms with van der Waals surface area (Å²) >= 11 is 0. The van der Waals surface area contributed by atoms with E-state index in [1.165, 1.54) is 25.3 Å². The first-order valence-electron chi connectivity index (χ1n) is 10.4. The van der Waals surface area contributed by atoms with E-state index in [1.807, 2.05) is 34.9 Å². The van der Waals surface area contributed by atoms with Gasteiger partial charge in [-0.15, -0.1) is 0 Å². The molecular weight excluding hydrogens is 428 g/mol. The third-order valence-corrected chi connectivity index (χ3v) is 5.42. The number of dihydropyridines is 1. The topological polar surface area (TPSA) is 117 Å². The molecule has 1 aliphatic rings. The Morgan fingerprint density at radius 3 is 2.52 bits per heavy atom. The van der Waals surface area contributed by atoms with Crippen molar-refractivity contribution >= 4 is 17.6 Å². The quantitative estimate of drug-likeness (QED) is 0.213. The van der Waals surface area contributed by atoms with E-state index in [0.29, 0.717) is 29.9 Å². The number of rotatable bonds is 8. The minimum absolute atomic E-state index is 0.141. The zero-order chi connectivity index (χ0) is 24.1. The molecule has 10 nitrogen and oxygen atoms in total. The standard InChI is InChI=1S/C23H26N4O6/c1-15-19(22(28)32-4)21(17-7-5-8-18(13-17)27(30)31)20(16(2)24-15)23(29)33-12-6-9-26-11-10-25(3)14-26/h5,7-8,10-11,13-14,21H,6,9,12H2,1-4H3/p+1/t21-/m0/s1. The fourth-order valence-electron chi connectivity index (χ4n) is 3.92. The second-order valence-electron chi connectivity index (χ2n) is 7.79. The number of aryl methyl sites for hydroxylation is 2. The maximum absolute atomic E-state index is 13.2. The zero-order valence-electron chi connectivity index (χ0n) is 19.0. The molecule has 0 radical (unpaired) electrons. The van der Waals surface area contributed by atoms with Gasteiger partial charge in [0.1, 0.15) is 12.4 Å². The van der Waals surface area contributed by atoms with Gasteiger partial charge in [0.25, 0.3) is 5.69 Å². The smallest absolute Gasteiger partial charge is 0.336 e. The van der Waals surface area contributed by atoms with E-state index in [2.05, 4.69) is 5.32 Å². The normalized spacial score (nSPS) is 15.8. The van der Waals surface area contributed by atoms with Crippen LogP contribution in [0.3, 0.4) is 0 Å². The number of ether oxygens (including phenoxy) is 2. The lowest BCUT2D eigenvalue weighted by atomic mass is 9.80. The Morgan fingerprint density at radius 1 is 1.21 bits per heavy atom. The molecule has 0 aliphatic carbocycles. The van der Waals surface area contributed by atoms with Gasteiger partial charge in [-0.25, -0.2) is 18.7 Å². The van der Waals surface area contributed by atoms with Crippen molar-refractivity contribution in [1.29, 1.82) is 0 Å². The molecule has 1 N–H and O–H groups in total. The number of nitro benzene ring substituents is 1. The minimum Gasteiger partial charge on any atom is -0.466 e. The van der Waals surface area contributed by atoms with Crippen LogP contribution in [0, 0.1) is 10.1 Å². The Labute approximate surface area is 191 Å². The van der Waals surface area contributed by atoms with Crippen LogP contribution in [0.4, 0.5) is 5.69 Å². The molecule has 1 atom stereocenters. The van der Waals surface area contributed by atoms with E-state index in [1.54, 1.807) is 19.9 Å². The molecule has 0 amide bonds. The van der Waals surface area contributed by atoms with Crippen LogP contribution < -0.4 is 9.88 Å². The number of hydrogen-bond acceptors (Lipinski definition) is 7. The first kappa shape index (κ1) is 23.7. The molecule has 3 rings (SSSR count). The Balaban J connectivity index is 1.89. The van der Waals surface area contributed by atoms with Gasteiger partial charge in [-0.3, -0.25) is 10.1 Å². The van der Waals surface area contributed by atoms with Gasteiger partial charge in [0.2, 0.25) is 6.33 Å². The summed E-state index contributed by atoms with van der Waals surface area (Å²) < 4.78 is 14.4. The lowest BCUT2D eigenvalue weighted by molar-refractivity contribution is -0.671. The highest BCUT2D eigenvalue weighted by atomic mass is 16.6. The summed E-state index contributed by atoms with van der Waals surface area (Å²) in [5.74, 6) is -2.09. The molecule has 0 saturated carbocycles. The number of allylic oxidation sites excluding steroid dienone is 2. The monoisotopic (exact) mass is 455 g/mol. The summed E-state index contributed by atoms with van der Waals surface area (Å²) in [4.78, 5) is 36.6. The van der Waals surface area contributed by atoms with Crippen molar-refractivity contribution in [3.8, 4) is 0 Å². The van der Waals surface area contributed by atoms with Crippen LogP contribution in [0.25, 0.3) is 0 Å². The zero-order valence-corrected chi connectivity index (χ0v) is 19.0. The summed E-state index contributed by atoms with van der Waals surface area (Å²) in [5.41, 5.74) is 1.73. The van der Waals surface area contributed by atoms with Crippen LogP contribution in [-0.4, -0.2) is 35.1 Å². The highest BCUT2D eigenvalue weighted by molar-refractivity contribution is 5.99. The van der Waals surface area contributed by atoms with E-state index < -0.39 is 22.8 Å². The molecular formula is C23H27N4O6+. The number of benzene rings is 1. The number of esters is 2. The fraction of sp³-hybridized carbons (Fsp3) is 0.348. The Morgan fingerprint density at radius 2 is 1.91 bits per heavy atom. The SMILES string of the molecule is COC(=O)C1=C(C)NC(C)=C(C(=O)OCCCn2cc[n+](C)c2)[C@H]1c1cccc([N+](=O)[O-])c1. The molecule has 10 heteroatoms. The highest BCUT2D eigenvalue weighted by Gasteiger charge is 2.38. The van der Waals surface area contributed by atoms with Crippen LogP contribution in [0.2, 0.25) is 0 Å². The molecule has 0 spiro atoms. The summed E-state index contributed by atoms with van der Waals surface area (Å²) in [6.07, 6.45) is 6.36. The van der Waals surface area contributed by atoms with Gasteiger partial charge in [0.05, 0.1) is 49.3 Å². The molecule has 1 aromatic carbocycles. The number of non-ortho nitro benzene ring substituents is 1. The molecule has 174 valence electrons. The number of aromatic nitrogens is 2.